The van der Waals surface area contributed by atoms with Crippen LogP contribution in [0.4, 0.5) is 11.4 Å². The number of morpholine rings is 1. The van der Waals surface area contributed by atoms with Crippen LogP contribution in [0.1, 0.15) is 34.8 Å². The van der Waals surface area contributed by atoms with Crippen LogP contribution in [0.2, 0.25) is 0 Å². The Morgan fingerprint density at radius 3 is 2.63 bits per heavy atom. The Kier molecular flexibility index (Phi) is 5.88. The van der Waals surface area contributed by atoms with Crippen molar-refractivity contribution in [2.24, 2.45) is 0 Å². The number of ether oxygens (including phenoxy) is 1. The van der Waals surface area contributed by atoms with Crippen LogP contribution in [-0.2, 0) is 4.74 Å². The average molecular weight is 373 g/mol. The normalized spacial score (nSPS) is 16.1. The molecule has 8 nitrogen and oxygen atoms in total. The first-order valence-electron chi connectivity index (χ1n) is 8.87. The number of furan rings is 1. The number of hydrogen-bond acceptors (Lipinski definition) is 7. The lowest BCUT2D eigenvalue weighted by molar-refractivity contribution is -0.384. The van der Waals surface area contributed by atoms with E-state index < -0.39 is 4.92 Å². The molecule has 27 heavy (non-hydrogen) atoms. The van der Waals surface area contributed by atoms with Gasteiger partial charge in [-0.15, -0.1) is 0 Å². The summed E-state index contributed by atoms with van der Waals surface area (Å²) < 4.78 is 11.2. The van der Waals surface area contributed by atoms with Crippen LogP contribution in [0.5, 0.6) is 0 Å². The van der Waals surface area contributed by atoms with Crippen molar-refractivity contribution in [3.8, 4) is 0 Å². The molecule has 0 radical (unpaired) electrons. The fourth-order valence-electron chi connectivity index (χ4n) is 3.19. The average Bonchev–Trinajstić information content (AvgIpc) is 3.08. The molecule has 0 spiro atoms. The van der Waals surface area contributed by atoms with E-state index in [1.54, 1.807) is 12.1 Å². The topological polar surface area (TPSA) is 97.9 Å². The second-order valence-corrected chi connectivity index (χ2v) is 6.54. The lowest BCUT2D eigenvalue weighted by atomic mass is 10.1. The molecule has 2 aromatic rings. The third-order valence-electron chi connectivity index (χ3n) is 4.66. The number of carbonyl (C=O) groups is 1. The van der Waals surface area contributed by atoms with Crippen LogP contribution >= 0.6 is 0 Å². The summed E-state index contributed by atoms with van der Waals surface area (Å²) in [5, 5.41) is 14.6. The Labute approximate surface area is 157 Å². The third-order valence-corrected chi connectivity index (χ3v) is 4.66. The lowest BCUT2D eigenvalue weighted by Crippen LogP contribution is -2.41. The van der Waals surface area contributed by atoms with Gasteiger partial charge in [0.2, 0.25) is 0 Å². The van der Waals surface area contributed by atoms with Crippen LogP contribution in [-0.4, -0.2) is 48.5 Å². The summed E-state index contributed by atoms with van der Waals surface area (Å²) in [4.78, 5) is 24.7. The molecule has 0 unspecified atom stereocenters. The van der Waals surface area contributed by atoms with Gasteiger partial charge in [0.1, 0.15) is 17.2 Å². The number of benzene rings is 1. The highest BCUT2D eigenvalue weighted by Crippen LogP contribution is 2.29. The maximum atomic E-state index is 11.5. The van der Waals surface area contributed by atoms with Gasteiger partial charge in [0.25, 0.3) is 5.69 Å². The van der Waals surface area contributed by atoms with E-state index in [0.29, 0.717) is 31.0 Å². The smallest absolute Gasteiger partial charge is 0.293 e. The molecular formula is C19H23N3O5. The third kappa shape index (κ3) is 4.53. The van der Waals surface area contributed by atoms with Gasteiger partial charge in [-0.3, -0.25) is 19.8 Å². The highest BCUT2D eigenvalue weighted by molar-refractivity contribution is 5.95. The summed E-state index contributed by atoms with van der Waals surface area (Å²) >= 11 is 0. The predicted octanol–water partition coefficient (Wildman–Crippen LogP) is 3.18. The molecule has 2 heterocycles. The van der Waals surface area contributed by atoms with E-state index in [4.69, 9.17) is 9.15 Å². The van der Waals surface area contributed by atoms with Gasteiger partial charge < -0.3 is 14.5 Å². The van der Waals surface area contributed by atoms with Gasteiger partial charge in [-0.05, 0) is 38.1 Å². The van der Waals surface area contributed by atoms with Crippen LogP contribution in [0.3, 0.4) is 0 Å². The Morgan fingerprint density at radius 2 is 2.04 bits per heavy atom. The van der Waals surface area contributed by atoms with E-state index in [1.807, 2.05) is 19.1 Å². The van der Waals surface area contributed by atoms with Gasteiger partial charge in [-0.25, -0.2) is 0 Å². The van der Waals surface area contributed by atoms with E-state index in [2.05, 4.69) is 10.2 Å². The van der Waals surface area contributed by atoms with Gasteiger partial charge in [-0.2, -0.15) is 0 Å². The standard InChI is InChI=1S/C19H23N3O5/c1-13-3-6-19(27-13)18(21-7-9-26-10-8-21)12-20-16-5-4-15(14(2)23)11-17(16)22(24)25/h3-6,11,18,20H,7-10,12H2,1-2H3/t18-/m1/s1. The van der Waals surface area contributed by atoms with Crippen LogP contribution < -0.4 is 5.32 Å². The number of aryl methyl sites for hydroxylation is 1. The van der Waals surface area contributed by atoms with Crippen LogP contribution in [0.15, 0.2) is 34.7 Å². The molecule has 1 aliphatic heterocycles. The zero-order valence-electron chi connectivity index (χ0n) is 15.4. The number of nitro benzene ring substituents is 1. The van der Waals surface area contributed by atoms with E-state index in [1.165, 1.54) is 13.0 Å². The van der Waals surface area contributed by atoms with E-state index in [9.17, 15) is 14.9 Å². The van der Waals surface area contributed by atoms with E-state index in [0.717, 1.165) is 24.6 Å². The molecule has 1 saturated heterocycles. The molecular weight excluding hydrogens is 350 g/mol. The maximum absolute atomic E-state index is 11.5. The molecule has 0 saturated carbocycles. The van der Waals surface area contributed by atoms with Crippen molar-refractivity contribution in [1.82, 2.24) is 4.90 Å². The first-order chi connectivity index (χ1) is 13.0. The zero-order chi connectivity index (χ0) is 19.4. The summed E-state index contributed by atoms with van der Waals surface area (Å²) in [6, 6.07) is 8.26. The number of rotatable bonds is 7. The molecule has 0 amide bonds. The second-order valence-electron chi connectivity index (χ2n) is 6.54. The fraction of sp³-hybridized carbons (Fsp3) is 0.421. The molecule has 0 aliphatic carbocycles. The van der Waals surface area contributed by atoms with Crippen molar-refractivity contribution in [3.63, 3.8) is 0 Å². The van der Waals surface area contributed by atoms with E-state index >= 15 is 0 Å². The van der Waals surface area contributed by atoms with Crippen molar-refractivity contribution in [2.45, 2.75) is 19.9 Å². The number of hydrogen-bond donors (Lipinski definition) is 1. The highest BCUT2D eigenvalue weighted by Gasteiger charge is 2.26. The van der Waals surface area contributed by atoms with Crippen molar-refractivity contribution >= 4 is 17.2 Å². The van der Waals surface area contributed by atoms with Gasteiger partial charge >= 0.3 is 0 Å². The maximum Gasteiger partial charge on any atom is 0.293 e. The summed E-state index contributed by atoms with van der Waals surface area (Å²) in [5.74, 6) is 1.42. The van der Waals surface area contributed by atoms with Crippen LogP contribution in [0, 0.1) is 17.0 Å². The molecule has 1 aromatic heterocycles. The molecule has 0 bridgehead atoms. The number of carbonyl (C=O) groups excluding carboxylic acids is 1. The van der Waals surface area contributed by atoms with E-state index in [-0.39, 0.29) is 17.5 Å². The fourth-order valence-corrected chi connectivity index (χ4v) is 3.19. The molecule has 3 rings (SSSR count). The van der Waals surface area contributed by atoms with Gasteiger partial charge in [0, 0.05) is 31.3 Å². The number of nitro groups is 1. The van der Waals surface area contributed by atoms with Crippen LogP contribution in [0.25, 0.3) is 0 Å². The SMILES string of the molecule is CC(=O)c1ccc(NC[C@H](c2ccc(C)o2)N2CCOCC2)c([N+](=O)[O-])c1. The lowest BCUT2D eigenvalue weighted by Gasteiger charge is -2.33. The minimum absolute atomic E-state index is 0.0744. The number of Topliss-reactive ketones (excluding diaryl/α,β-unsaturated/α-hetero) is 1. The summed E-state index contributed by atoms with van der Waals surface area (Å²) in [7, 11) is 0. The molecule has 1 aromatic carbocycles. The minimum atomic E-state index is -0.477. The molecule has 144 valence electrons. The Bertz CT molecular complexity index is 827. The Balaban J connectivity index is 1.82. The predicted molar refractivity (Wildman–Crippen MR) is 100 cm³/mol. The molecule has 8 heteroatoms. The van der Waals surface area contributed by atoms with Gasteiger partial charge in [0.05, 0.1) is 24.2 Å². The Morgan fingerprint density at radius 1 is 1.30 bits per heavy atom. The van der Waals surface area contributed by atoms with Crippen molar-refractivity contribution in [3.05, 3.63) is 57.5 Å². The highest BCUT2D eigenvalue weighted by atomic mass is 16.6. The zero-order valence-corrected chi connectivity index (χ0v) is 15.4. The van der Waals surface area contributed by atoms with Crippen molar-refractivity contribution < 1.29 is 18.9 Å². The Hall–Kier alpha value is -2.71. The number of nitrogens with one attached hydrogen (secondary N) is 1. The van der Waals surface area contributed by atoms with Gasteiger partial charge in [-0.1, -0.05) is 0 Å². The summed E-state index contributed by atoms with van der Waals surface area (Å²) in [5.41, 5.74) is 0.587. The first-order valence-corrected chi connectivity index (χ1v) is 8.87. The van der Waals surface area contributed by atoms with Gasteiger partial charge in [0.15, 0.2) is 5.78 Å². The number of nitrogens with zero attached hydrogens (tertiary/aromatic N) is 2. The number of ketones is 1. The monoisotopic (exact) mass is 373 g/mol. The molecule has 1 N–H and O–H groups in total. The summed E-state index contributed by atoms with van der Waals surface area (Å²) in [6.45, 7) is 6.52. The molecule has 1 atom stereocenters. The molecule has 1 fully saturated rings. The van der Waals surface area contributed by atoms with Crippen molar-refractivity contribution in [1.29, 1.82) is 0 Å². The number of anilines is 1. The molecule has 1 aliphatic rings. The minimum Gasteiger partial charge on any atom is -0.465 e. The quantitative estimate of drug-likeness (QED) is 0.452. The second kappa shape index (κ2) is 8.32. The first kappa shape index (κ1) is 19.1. The largest absolute Gasteiger partial charge is 0.465 e. The van der Waals surface area contributed by atoms with Crippen molar-refractivity contribution in [2.75, 3.05) is 38.2 Å². The summed E-state index contributed by atoms with van der Waals surface area (Å²) in [6.07, 6.45) is 0.